The molecule has 0 bridgehead atoms. The van der Waals surface area contributed by atoms with Crippen molar-refractivity contribution in [2.24, 2.45) is 5.16 Å². The number of nitrogen functional groups attached to an aromatic ring is 1. The van der Waals surface area contributed by atoms with Crippen LogP contribution in [0.25, 0.3) is 6.08 Å². The van der Waals surface area contributed by atoms with Gasteiger partial charge in [-0.3, -0.25) is 19.5 Å². The molecular formula is C20H18N6O5S3. The van der Waals surface area contributed by atoms with E-state index in [-0.39, 0.29) is 22.2 Å². The fraction of sp³-hybridized carbons (Fsp3) is 0.200. The minimum absolute atomic E-state index is 0.0851. The Bertz CT molecular complexity index is 1210. The molecule has 4 N–H and O–H groups in total. The molecule has 2 atom stereocenters. The molecule has 4 rings (SSSR count). The lowest BCUT2D eigenvalue weighted by Crippen LogP contribution is -2.71. The Hall–Kier alpha value is -3.36. The van der Waals surface area contributed by atoms with E-state index >= 15 is 0 Å². The maximum Gasteiger partial charge on any atom is 0.353 e. The zero-order chi connectivity index (χ0) is 24.2. The third-order valence-corrected chi connectivity index (χ3v) is 7.77. The molecule has 0 aliphatic carbocycles. The number of amides is 2. The van der Waals surface area contributed by atoms with Gasteiger partial charge in [0.2, 0.25) is 0 Å². The second kappa shape index (κ2) is 10.3. The van der Waals surface area contributed by atoms with Gasteiger partial charge in [0.25, 0.3) is 11.8 Å². The van der Waals surface area contributed by atoms with Crippen LogP contribution >= 0.6 is 34.9 Å². The van der Waals surface area contributed by atoms with Crippen molar-refractivity contribution < 1.29 is 24.3 Å². The third kappa shape index (κ3) is 4.78. The number of carbonyl (C=O) groups is 3. The summed E-state index contributed by atoms with van der Waals surface area (Å²) >= 11 is 3.73. The third-order valence-electron chi connectivity index (χ3n) is 4.74. The van der Waals surface area contributed by atoms with E-state index < -0.39 is 29.2 Å². The average Bonchev–Trinajstić information content (AvgIpc) is 3.26. The smallest absolute Gasteiger partial charge is 0.353 e. The van der Waals surface area contributed by atoms with Gasteiger partial charge in [0.15, 0.2) is 10.8 Å². The Kier molecular flexibility index (Phi) is 7.19. The zero-order valence-corrected chi connectivity index (χ0v) is 20.0. The van der Waals surface area contributed by atoms with Crippen molar-refractivity contribution >= 4 is 69.6 Å². The van der Waals surface area contributed by atoms with Crippen LogP contribution < -0.4 is 11.1 Å². The van der Waals surface area contributed by atoms with Crippen LogP contribution in [0.4, 0.5) is 5.13 Å². The first-order valence-corrected chi connectivity index (χ1v) is 12.5. The van der Waals surface area contributed by atoms with Crippen LogP contribution in [0.2, 0.25) is 0 Å². The monoisotopic (exact) mass is 518 g/mol. The molecule has 0 radical (unpaired) electrons. The molecule has 11 nitrogen and oxygen atoms in total. The van der Waals surface area contributed by atoms with Gasteiger partial charge in [-0.15, -0.1) is 23.1 Å². The number of thiazole rings is 1. The standard InChI is InChI=1S/C20H18N6O5S3/c1-31-25-13(11-8-34-20(21)23-11)16(27)24-14-17(28)26-15(19(29)30)12(9-33-18(14)26)32-6-4-10-3-2-5-22-7-10/h2-8,14,18H,9H2,1H3,(H2,21,23)(H,24,27)(H,29,30)/b6-4-,25-13?/t14?,18-/m0/s1. The fourth-order valence-corrected chi connectivity index (χ4v) is 6.16. The summed E-state index contributed by atoms with van der Waals surface area (Å²) in [7, 11) is 1.28. The number of hydrogen-bond acceptors (Lipinski definition) is 11. The van der Waals surface area contributed by atoms with Gasteiger partial charge >= 0.3 is 5.97 Å². The number of carbonyl (C=O) groups excluding carboxylic acids is 2. The van der Waals surface area contributed by atoms with E-state index in [4.69, 9.17) is 10.6 Å². The highest BCUT2D eigenvalue weighted by Crippen LogP contribution is 2.43. The predicted molar refractivity (Wildman–Crippen MR) is 131 cm³/mol. The van der Waals surface area contributed by atoms with Crippen molar-refractivity contribution in [2.45, 2.75) is 11.4 Å². The van der Waals surface area contributed by atoms with Crippen molar-refractivity contribution in [3.8, 4) is 0 Å². The number of anilines is 1. The van der Waals surface area contributed by atoms with Gasteiger partial charge in [0.1, 0.15) is 29.9 Å². The SMILES string of the molecule is CON=C(C(=O)NC1C(=O)N2C(C(=O)O)=C(S/C=C\c3cccnc3)CS[C@@H]12)c1csc(N)n1. The summed E-state index contributed by atoms with van der Waals surface area (Å²) in [6.07, 6.45) is 5.15. The van der Waals surface area contributed by atoms with Gasteiger partial charge in [-0.25, -0.2) is 9.78 Å². The van der Waals surface area contributed by atoms with E-state index in [0.717, 1.165) is 16.9 Å². The van der Waals surface area contributed by atoms with Crippen LogP contribution in [-0.4, -0.2) is 67.7 Å². The van der Waals surface area contributed by atoms with Gasteiger partial charge in [-0.05, 0) is 23.1 Å². The number of rotatable bonds is 8. The zero-order valence-electron chi connectivity index (χ0n) is 17.6. The normalized spacial score (nSPS) is 20.2. The van der Waals surface area contributed by atoms with Crippen LogP contribution in [-0.2, 0) is 19.2 Å². The summed E-state index contributed by atoms with van der Waals surface area (Å²) in [5, 5.41) is 19.1. The van der Waals surface area contributed by atoms with E-state index in [9.17, 15) is 19.5 Å². The van der Waals surface area contributed by atoms with E-state index in [1.165, 1.54) is 35.5 Å². The first kappa shape index (κ1) is 23.8. The van der Waals surface area contributed by atoms with E-state index in [1.54, 1.807) is 29.2 Å². The topological polar surface area (TPSA) is 160 Å². The first-order chi connectivity index (χ1) is 16.4. The number of pyridine rings is 1. The van der Waals surface area contributed by atoms with Gasteiger partial charge < -0.3 is 21.0 Å². The molecule has 34 heavy (non-hydrogen) atoms. The highest BCUT2D eigenvalue weighted by atomic mass is 32.2. The minimum atomic E-state index is -1.21. The average molecular weight is 519 g/mol. The fourth-order valence-electron chi connectivity index (χ4n) is 3.25. The number of hydrogen-bond donors (Lipinski definition) is 3. The number of nitrogens with zero attached hydrogens (tertiary/aromatic N) is 4. The van der Waals surface area contributed by atoms with Crippen LogP contribution in [0.1, 0.15) is 11.3 Å². The number of carboxylic acids is 1. The maximum absolute atomic E-state index is 12.9. The molecule has 2 aromatic rings. The molecule has 2 aromatic heterocycles. The van der Waals surface area contributed by atoms with Crippen molar-refractivity contribution in [3.63, 3.8) is 0 Å². The molecular weight excluding hydrogens is 500 g/mol. The number of nitrogens with two attached hydrogens (primary N) is 1. The number of aliphatic carboxylic acids is 1. The summed E-state index contributed by atoms with van der Waals surface area (Å²) in [5.41, 5.74) is 6.50. The molecule has 2 aliphatic heterocycles. The first-order valence-electron chi connectivity index (χ1n) is 9.68. The van der Waals surface area contributed by atoms with Crippen LogP contribution in [0.15, 0.2) is 51.1 Å². The highest BCUT2D eigenvalue weighted by Gasteiger charge is 2.54. The summed E-state index contributed by atoms with van der Waals surface area (Å²) in [6.45, 7) is 0. The molecule has 0 saturated carbocycles. The molecule has 176 valence electrons. The number of aromatic nitrogens is 2. The Morgan fingerprint density at radius 3 is 2.94 bits per heavy atom. The van der Waals surface area contributed by atoms with Crippen LogP contribution in [0.3, 0.4) is 0 Å². The van der Waals surface area contributed by atoms with Crippen molar-refractivity contribution in [1.29, 1.82) is 0 Å². The Balaban J connectivity index is 1.48. The lowest BCUT2D eigenvalue weighted by molar-refractivity contribution is -0.150. The van der Waals surface area contributed by atoms with Crippen molar-refractivity contribution in [1.82, 2.24) is 20.2 Å². The summed E-state index contributed by atoms with van der Waals surface area (Å²) in [6, 6.07) is 2.75. The van der Waals surface area contributed by atoms with E-state index in [0.29, 0.717) is 10.7 Å². The Labute approximate surface area is 206 Å². The number of carboxylic acid groups (broad SMARTS) is 1. The molecule has 1 saturated heterocycles. The summed E-state index contributed by atoms with van der Waals surface area (Å²) < 4.78 is 0. The molecule has 2 amide bonds. The van der Waals surface area contributed by atoms with Crippen LogP contribution in [0.5, 0.6) is 0 Å². The van der Waals surface area contributed by atoms with E-state index in [2.05, 4.69) is 20.4 Å². The maximum atomic E-state index is 12.9. The second-order valence-electron chi connectivity index (χ2n) is 6.84. The highest BCUT2D eigenvalue weighted by molar-refractivity contribution is 8.08. The van der Waals surface area contributed by atoms with E-state index in [1.807, 2.05) is 12.1 Å². The number of β-lactam (4-membered cyclic amide) rings is 1. The number of fused-ring (bicyclic) bond motifs is 1. The van der Waals surface area contributed by atoms with Gasteiger partial charge in [0, 0.05) is 28.4 Å². The summed E-state index contributed by atoms with van der Waals surface area (Å²) in [4.78, 5) is 52.2. The molecule has 1 fully saturated rings. The quantitative estimate of drug-likeness (QED) is 0.266. The van der Waals surface area contributed by atoms with Crippen LogP contribution in [0, 0.1) is 0 Å². The van der Waals surface area contributed by atoms with Crippen molar-refractivity contribution in [2.75, 3.05) is 18.6 Å². The van der Waals surface area contributed by atoms with Gasteiger partial charge in [-0.2, -0.15) is 0 Å². The van der Waals surface area contributed by atoms with Gasteiger partial charge in [0.05, 0.1) is 0 Å². The minimum Gasteiger partial charge on any atom is -0.477 e. The van der Waals surface area contributed by atoms with Gasteiger partial charge in [-0.1, -0.05) is 23.0 Å². The largest absolute Gasteiger partial charge is 0.477 e. The Morgan fingerprint density at radius 2 is 2.29 bits per heavy atom. The molecule has 14 heteroatoms. The lowest BCUT2D eigenvalue weighted by atomic mass is 10.0. The molecule has 1 unspecified atom stereocenters. The van der Waals surface area contributed by atoms with Crippen molar-refractivity contribution in [3.05, 3.63) is 57.2 Å². The predicted octanol–water partition coefficient (Wildman–Crippen LogP) is 1.57. The molecule has 2 aliphatic rings. The number of nitrogens with one attached hydrogen (secondary N) is 1. The molecule has 0 aromatic carbocycles. The number of oxime groups is 1. The lowest BCUT2D eigenvalue weighted by Gasteiger charge is -2.49. The molecule has 0 spiro atoms. The molecule has 4 heterocycles. The number of thioether (sulfide) groups is 2. The second-order valence-corrected chi connectivity index (χ2v) is 9.83. The summed E-state index contributed by atoms with van der Waals surface area (Å²) in [5.74, 6) is -2.04. The Morgan fingerprint density at radius 1 is 1.47 bits per heavy atom.